The van der Waals surface area contributed by atoms with Crippen molar-refractivity contribution in [2.75, 3.05) is 13.2 Å². The number of phosphoric ester groups is 1. The van der Waals surface area contributed by atoms with Gasteiger partial charge in [-0.3, -0.25) is 9.05 Å². The Bertz CT molecular complexity index is 302. The molecule has 0 fully saturated rings. The molecule has 0 aliphatic carbocycles. The van der Waals surface area contributed by atoms with Gasteiger partial charge in [-0.2, -0.15) is 0 Å². The summed E-state index contributed by atoms with van der Waals surface area (Å²) in [4.78, 5) is 0. The van der Waals surface area contributed by atoms with Gasteiger partial charge in [0, 0.05) is 0 Å². The third-order valence-corrected chi connectivity index (χ3v) is 3.04. The average molecular weight is 310 g/mol. The van der Waals surface area contributed by atoms with Crippen LogP contribution < -0.4 is 0 Å². The maximum absolute atomic E-state index is 11.7. The van der Waals surface area contributed by atoms with Crippen molar-refractivity contribution >= 4 is 42.6 Å². The Balaban J connectivity index is 4.53. The van der Waals surface area contributed by atoms with E-state index >= 15 is 0 Å². The van der Waals surface area contributed by atoms with E-state index in [-0.39, 0.29) is 22.7 Å². The van der Waals surface area contributed by atoms with Crippen molar-refractivity contribution in [3.8, 4) is 0 Å². The number of phosphoric acid groups is 1. The quantitative estimate of drug-likeness (QED) is 0.392. The molecule has 0 saturated heterocycles. The van der Waals surface area contributed by atoms with Crippen molar-refractivity contribution in [3.63, 3.8) is 0 Å². The first kappa shape index (κ1) is 16.3. The Morgan fingerprint density at radius 3 is 2.06 bits per heavy atom. The van der Waals surface area contributed by atoms with Crippen LogP contribution in [0.15, 0.2) is 21.9 Å². The highest BCUT2D eigenvalue weighted by Gasteiger charge is 2.25. The van der Waals surface area contributed by atoms with Crippen LogP contribution in [-0.2, 0) is 18.1 Å². The van der Waals surface area contributed by atoms with Gasteiger partial charge in [-0.05, 0) is 19.9 Å². The van der Waals surface area contributed by atoms with Crippen molar-refractivity contribution in [1.29, 1.82) is 0 Å². The highest BCUT2D eigenvalue weighted by Crippen LogP contribution is 2.49. The van der Waals surface area contributed by atoms with Gasteiger partial charge >= 0.3 is 7.82 Å². The summed E-state index contributed by atoms with van der Waals surface area (Å²) in [6.45, 7) is 3.70. The molecular weight excluding hydrogens is 297 g/mol. The second-order valence-electron chi connectivity index (χ2n) is 2.32. The molecule has 0 unspecified atom stereocenters. The van der Waals surface area contributed by atoms with Crippen molar-refractivity contribution < 1.29 is 18.1 Å². The van der Waals surface area contributed by atoms with Crippen molar-refractivity contribution in [2.45, 2.75) is 13.8 Å². The van der Waals surface area contributed by atoms with E-state index in [1.807, 2.05) is 0 Å². The molecule has 0 aromatic carbocycles. The van der Waals surface area contributed by atoms with E-state index in [0.717, 1.165) is 6.26 Å². The topological polar surface area (TPSA) is 44.8 Å². The molecule has 0 saturated carbocycles. The lowest BCUT2D eigenvalue weighted by molar-refractivity contribution is 0.153. The Morgan fingerprint density at radius 1 is 1.19 bits per heavy atom. The first-order valence-corrected chi connectivity index (χ1v) is 6.99. The van der Waals surface area contributed by atoms with Gasteiger partial charge in [-0.15, -0.1) is 0 Å². The first-order chi connectivity index (χ1) is 7.43. The van der Waals surface area contributed by atoms with E-state index in [4.69, 9.17) is 48.4 Å². The smallest absolute Gasteiger partial charge is 0.410 e. The number of halogens is 3. The molecule has 0 aromatic heterocycles. The molecule has 0 heterocycles. The number of hydrogen-bond acceptors (Lipinski definition) is 4. The van der Waals surface area contributed by atoms with Gasteiger partial charge in [0.05, 0.1) is 18.2 Å². The summed E-state index contributed by atoms with van der Waals surface area (Å²) in [7, 11) is -3.59. The summed E-state index contributed by atoms with van der Waals surface area (Å²) >= 11 is 16.4. The van der Waals surface area contributed by atoms with Gasteiger partial charge in [0.2, 0.25) is 0 Å². The molecule has 0 aromatic rings. The Morgan fingerprint density at radius 2 is 1.69 bits per heavy atom. The fraction of sp³-hybridized carbons (Fsp3) is 0.500. The third kappa shape index (κ3) is 7.55. The van der Waals surface area contributed by atoms with Gasteiger partial charge in [0.15, 0.2) is 0 Å². The maximum atomic E-state index is 11.7. The molecule has 0 amide bonds. The summed E-state index contributed by atoms with van der Waals surface area (Å²) in [5.41, 5.74) is 0. The molecule has 0 atom stereocenters. The minimum Gasteiger partial charge on any atom is -0.410 e. The lowest BCUT2D eigenvalue weighted by atomic mass is 10.6. The lowest BCUT2D eigenvalue weighted by Crippen LogP contribution is -1.96. The van der Waals surface area contributed by atoms with E-state index in [2.05, 4.69) is 0 Å². The molecule has 0 N–H and O–H groups in total. The van der Waals surface area contributed by atoms with E-state index in [1.165, 1.54) is 6.08 Å². The van der Waals surface area contributed by atoms with E-state index in [0.29, 0.717) is 0 Å². The standard InChI is InChI=1S/C8H12Cl3O4P/c1-3-13-16(12,14-4-2)15-6-7(9)5-8(10)11/h5-6H,3-4H2,1-2H3. The Hall–Kier alpha value is 0.300. The molecule has 16 heavy (non-hydrogen) atoms. The fourth-order valence-corrected chi connectivity index (χ4v) is 2.30. The summed E-state index contributed by atoms with van der Waals surface area (Å²) in [6.07, 6.45) is 2.21. The van der Waals surface area contributed by atoms with Gasteiger partial charge in [0.1, 0.15) is 10.8 Å². The zero-order valence-electron chi connectivity index (χ0n) is 8.78. The van der Waals surface area contributed by atoms with Crippen LogP contribution in [0.2, 0.25) is 0 Å². The van der Waals surface area contributed by atoms with Gasteiger partial charge in [0.25, 0.3) is 0 Å². The molecule has 0 aliphatic heterocycles. The fourth-order valence-electron chi connectivity index (χ4n) is 0.668. The molecule has 4 nitrogen and oxygen atoms in total. The third-order valence-electron chi connectivity index (χ3n) is 1.12. The number of hydrogen-bond donors (Lipinski definition) is 0. The molecule has 94 valence electrons. The Kier molecular flexibility index (Phi) is 8.56. The maximum Gasteiger partial charge on any atom is 0.529 e. The second kappa shape index (κ2) is 8.40. The van der Waals surface area contributed by atoms with E-state index in [1.54, 1.807) is 13.8 Å². The SMILES string of the molecule is CCOP(=O)(OC=C(Cl)C=C(Cl)Cl)OCC. The van der Waals surface area contributed by atoms with Crippen molar-refractivity contribution in [2.24, 2.45) is 0 Å². The molecule has 0 radical (unpaired) electrons. The lowest BCUT2D eigenvalue weighted by Gasteiger charge is -2.14. The monoisotopic (exact) mass is 308 g/mol. The zero-order chi connectivity index (χ0) is 12.6. The van der Waals surface area contributed by atoms with E-state index in [9.17, 15) is 4.57 Å². The first-order valence-electron chi connectivity index (χ1n) is 4.39. The van der Waals surface area contributed by atoms with Crippen LogP contribution in [-0.4, -0.2) is 13.2 Å². The van der Waals surface area contributed by atoms with Gasteiger partial charge in [-0.25, -0.2) is 4.57 Å². The van der Waals surface area contributed by atoms with Crippen LogP contribution >= 0.6 is 42.6 Å². The summed E-state index contributed by atoms with van der Waals surface area (Å²) in [6, 6.07) is 0. The van der Waals surface area contributed by atoms with Crippen LogP contribution in [0.4, 0.5) is 0 Å². The van der Waals surface area contributed by atoms with Crippen LogP contribution in [0.25, 0.3) is 0 Å². The molecule has 0 bridgehead atoms. The largest absolute Gasteiger partial charge is 0.529 e. The van der Waals surface area contributed by atoms with Crippen molar-refractivity contribution in [1.82, 2.24) is 0 Å². The second-order valence-corrected chi connectivity index (χ2v) is 5.39. The summed E-state index contributed by atoms with van der Waals surface area (Å²) in [5, 5.41) is 0.0691. The molecular formula is C8H12Cl3O4P. The molecule has 0 rings (SSSR count). The molecule has 8 heteroatoms. The van der Waals surface area contributed by atoms with E-state index < -0.39 is 7.82 Å². The van der Waals surface area contributed by atoms with Gasteiger partial charge < -0.3 is 4.52 Å². The summed E-state index contributed by atoms with van der Waals surface area (Å²) < 4.78 is 26.2. The van der Waals surface area contributed by atoms with Crippen molar-refractivity contribution in [3.05, 3.63) is 21.9 Å². The van der Waals surface area contributed by atoms with Crippen LogP contribution in [0.3, 0.4) is 0 Å². The average Bonchev–Trinajstić information content (AvgIpc) is 2.15. The van der Waals surface area contributed by atoms with Crippen LogP contribution in [0.1, 0.15) is 13.8 Å². The predicted octanol–water partition coefficient (Wildman–Crippen LogP) is 4.58. The number of allylic oxidation sites excluding steroid dienone is 2. The zero-order valence-corrected chi connectivity index (χ0v) is 11.9. The predicted molar refractivity (Wildman–Crippen MR) is 65.7 cm³/mol. The highest BCUT2D eigenvalue weighted by molar-refractivity contribution is 7.48. The highest BCUT2D eigenvalue weighted by atomic mass is 35.5. The number of rotatable bonds is 7. The minimum atomic E-state index is -3.59. The molecule has 0 aliphatic rings. The summed E-state index contributed by atoms with van der Waals surface area (Å²) in [5.74, 6) is 0. The van der Waals surface area contributed by atoms with Gasteiger partial charge in [-0.1, -0.05) is 34.8 Å². The Labute approximate surface area is 110 Å². The van der Waals surface area contributed by atoms with Crippen LogP contribution in [0, 0.1) is 0 Å². The normalized spacial score (nSPS) is 12.4. The molecule has 0 spiro atoms. The van der Waals surface area contributed by atoms with Crippen LogP contribution in [0.5, 0.6) is 0 Å². The minimum absolute atomic E-state index is 0.0486.